The van der Waals surface area contributed by atoms with Gasteiger partial charge in [0.1, 0.15) is 5.76 Å². The summed E-state index contributed by atoms with van der Waals surface area (Å²) >= 11 is 6.93. The molecular formula is C14H14Br2N2O. The number of nitrogens with zero attached hydrogens (tertiary/aromatic N) is 2. The summed E-state index contributed by atoms with van der Waals surface area (Å²) in [5.74, 6) is 1.50. The molecule has 0 radical (unpaired) electrons. The fraction of sp³-hybridized carbons (Fsp3) is 0.214. The van der Waals surface area contributed by atoms with Gasteiger partial charge < -0.3 is 9.32 Å². The Balaban J connectivity index is 2.22. The molecule has 0 N–H and O–H groups in total. The van der Waals surface area contributed by atoms with Crippen molar-refractivity contribution in [3.05, 3.63) is 44.5 Å². The molecule has 0 aliphatic heterocycles. The zero-order chi connectivity index (χ0) is 14.0. The van der Waals surface area contributed by atoms with Crippen molar-refractivity contribution in [2.24, 2.45) is 4.99 Å². The second-order valence-electron chi connectivity index (χ2n) is 4.39. The lowest BCUT2D eigenvalue weighted by Gasteiger charge is -2.07. The first-order valence-corrected chi connectivity index (χ1v) is 7.33. The monoisotopic (exact) mass is 384 g/mol. The van der Waals surface area contributed by atoms with Gasteiger partial charge in [0.2, 0.25) is 5.88 Å². The summed E-state index contributed by atoms with van der Waals surface area (Å²) in [6.07, 6.45) is 1.72. The smallest absolute Gasteiger partial charge is 0.210 e. The van der Waals surface area contributed by atoms with Crippen molar-refractivity contribution in [1.29, 1.82) is 0 Å². The second kappa shape index (κ2) is 5.92. The van der Waals surface area contributed by atoms with Gasteiger partial charge in [-0.15, -0.1) is 0 Å². The first kappa shape index (κ1) is 14.3. The molecule has 0 saturated carbocycles. The molecule has 0 amide bonds. The zero-order valence-electron chi connectivity index (χ0n) is 10.9. The summed E-state index contributed by atoms with van der Waals surface area (Å²) in [7, 11) is 3.87. The van der Waals surface area contributed by atoms with E-state index >= 15 is 0 Å². The number of aryl methyl sites for hydroxylation is 1. The molecule has 0 aliphatic carbocycles. The highest BCUT2D eigenvalue weighted by atomic mass is 79.9. The second-order valence-corrected chi connectivity index (χ2v) is 6.10. The predicted molar refractivity (Wildman–Crippen MR) is 86.9 cm³/mol. The lowest BCUT2D eigenvalue weighted by Crippen LogP contribution is -2.07. The molecule has 1 heterocycles. The standard InChI is InChI=1S/C14H14Br2N2O/c1-9-6-10(4-5-12(9)15)17-8-11-7-13(16)14(19-11)18(2)3/h4-8H,1-3H3. The van der Waals surface area contributed by atoms with E-state index in [1.807, 2.05) is 50.2 Å². The molecule has 0 aliphatic rings. The Morgan fingerprint density at radius 1 is 1.16 bits per heavy atom. The van der Waals surface area contributed by atoms with Gasteiger partial charge >= 0.3 is 0 Å². The summed E-state index contributed by atoms with van der Waals surface area (Å²) in [6.45, 7) is 2.04. The molecular weight excluding hydrogens is 372 g/mol. The molecule has 0 atom stereocenters. The van der Waals surface area contributed by atoms with E-state index in [-0.39, 0.29) is 0 Å². The summed E-state index contributed by atoms with van der Waals surface area (Å²) < 4.78 is 7.68. The van der Waals surface area contributed by atoms with Crippen LogP contribution in [-0.4, -0.2) is 20.3 Å². The molecule has 1 aromatic carbocycles. The predicted octanol–water partition coefficient (Wildman–Crippen LogP) is 4.93. The van der Waals surface area contributed by atoms with Crippen LogP contribution in [0.1, 0.15) is 11.3 Å². The topological polar surface area (TPSA) is 28.7 Å². The first-order valence-electron chi connectivity index (χ1n) is 5.74. The molecule has 100 valence electrons. The van der Waals surface area contributed by atoms with E-state index in [9.17, 15) is 0 Å². The zero-order valence-corrected chi connectivity index (χ0v) is 14.1. The largest absolute Gasteiger partial charge is 0.438 e. The summed E-state index contributed by atoms with van der Waals surface area (Å²) in [6, 6.07) is 7.87. The van der Waals surface area contributed by atoms with E-state index in [1.165, 1.54) is 0 Å². The normalized spacial score (nSPS) is 11.2. The van der Waals surface area contributed by atoms with Crippen molar-refractivity contribution < 1.29 is 4.42 Å². The minimum atomic E-state index is 0.719. The Morgan fingerprint density at radius 3 is 2.47 bits per heavy atom. The number of hydrogen-bond donors (Lipinski definition) is 0. The number of hydrogen-bond acceptors (Lipinski definition) is 3. The molecule has 0 saturated heterocycles. The van der Waals surface area contributed by atoms with Gasteiger partial charge in [-0.1, -0.05) is 15.9 Å². The number of furan rings is 1. The van der Waals surface area contributed by atoms with E-state index in [0.29, 0.717) is 0 Å². The number of aliphatic imine (C=N–C) groups is 1. The Kier molecular flexibility index (Phi) is 4.47. The minimum Gasteiger partial charge on any atom is -0.438 e. The van der Waals surface area contributed by atoms with Crippen LogP contribution in [0, 0.1) is 6.92 Å². The highest BCUT2D eigenvalue weighted by Gasteiger charge is 2.08. The fourth-order valence-electron chi connectivity index (χ4n) is 1.59. The molecule has 2 rings (SSSR count). The Morgan fingerprint density at radius 2 is 1.89 bits per heavy atom. The van der Waals surface area contributed by atoms with Gasteiger partial charge in [0.05, 0.1) is 16.4 Å². The third kappa shape index (κ3) is 3.48. The van der Waals surface area contributed by atoms with Gasteiger partial charge in [-0.25, -0.2) is 0 Å². The van der Waals surface area contributed by atoms with Crippen molar-refractivity contribution in [3.63, 3.8) is 0 Å². The SMILES string of the molecule is Cc1cc(N=Cc2cc(Br)c(N(C)C)o2)ccc1Br. The minimum absolute atomic E-state index is 0.719. The van der Waals surface area contributed by atoms with E-state index in [0.717, 1.165) is 31.8 Å². The van der Waals surface area contributed by atoms with Crippen LogP contribution in [0.15, 0.2) is 42.6 Å². The molecule has 0 spiro atoms. The lowest BCUT2D eigenvalue weighted by molar-refractivity contribution is 0.557. The summed E-state index contributed by atoms with van der Waals surface area (Å²) in [5, 5.41) is 0. The van der Waals surface area contributed by atoms with Crippen LogP contribution in [0.4, 0.5) is 11.6 Å². The molecule has 0 bridgehead atoms. The Bertz CT molecular complexity index is 618. The maximum atomic E-state index is 5.67. The average Bonchev–Trinajstić information content (AvgIpc) is 2.72. The maximum Gasteiger partial charge on any atom is 0.210 e. The summed E-state index contributed by atoms with van der Waals surface area (Å²) in [5.41, 5.74) is 2.06. The summed E-state index contributed by atoms with van der Waals surface area (Å²) in [4.78, 5) is 6.32. The number of anilines is 1. The van der Waals surface area contributed by atoms with Gasteiger partial charge in [0.25, 0.3) is 0 Å². The van der Waals surface area contributed by atoms with Crippen molar-refractivity contribution in [3.8, 4) is 0 Å². The van der Waals surface area contributed by atoms with Crippen molar-refractivity contribution in [2.75, 3.05) is 19.0 Å². The fourth-order valence-corrected chi connectivity index (χ4v) is 2.50. The van der Waals surface area contributed by atoms with Crippen LogP contribution in [0.5, 0.6) is 0 Å². The van der Waals surface area contributed by atoms with E-state index in [4.69, 9.17) is 4.42 Å². The number of rotatable bonds is 3. The molecule has 19 heavy (non-hydrogen) atoms. The van der Waals surface area contributed by atoms with Gasteiger partial charge in [0.15, 0.2) is 0 Å². The number of benzene rings is 1. The lowest BCUT2D eigenvalue weighted by atomic mass is 10.2. The quantitative estimate of drug-likeness (QED) is 0.701. The van der Waals surface area contributed by atoms with Crippen molar-refractivity contribution in [2.45, 2.75) is 6.92 Å². The Labute approximate surface area is 129 Å². The molecule has 3 nitrogen and oxygen atoms in total. The number of halogens is 2. The average molecular weight is 386 g/mol. The maximum absolute atomic E-state index is 5.67. The van der Waals surface area contributed by atoms with Crippen LogP contribution >= 0.6 is 31.9 Å². The van der Waals surface area contributed by atoms with Gasteiger partial charge in [-0.3, -0.25) is 4.99 Å². The molecule has 2 aromatic rings. The van der Waals surface area contributed by atoms with E-state index in [2.05, 4.69) is 36.9 Å². The van der Waals surface area contributed by atoms with Gasteiger partial charge in [0, 0.05) is 24.6 Å². The van der Waals surface area contributed by atoms with E-state index < -0.39 is 0 Å². The van der Waals surface area contributed by atoms with Crippen LogP contribution in [0.3, 0.4) is 0 Å². The Hall–Kier alpha value is -1.07. The van der Waals surface area contributed by atoms with Gasteiger partial charge in [-0.05, 0) is 46.6 Å². The molecule has 1 aromatic heterocycles. The third-order valence-corrected chi connectivity index (χ3v) is 4.03. The van der Waals surface area contributed by atoms with Crippen LogP contribution in [-0.2, 0) is 0 Å². The molecule has 0 fully saturated rings. The van der Waals surface area contributed by atoms with Crippen LogP contribution in [0.25, 0.3) is 0 Å². The highest BCUT2D eigenvalue weighted by Crippen LogP contribution is 2.28. The van der Waals surface area contributed by atoms with E-state index in [1.54, 1.807) is 6.21 Å². The third-order valence-electron chi connectivity index (χ3n) is 2.58. The van der Waals surface area contributed by atoms with Crippen molar-refractivity contribution in [1.82, 2.24) is 0 Å². The van der Waals surface area contributed by atoms with Crippen LogP contribution in [0.2, 0.25) is 0 Å². The highest BCUT2D eigenvalue weighted by molar-refractivity contribution is 9.10. The first-order chi connectivity index (χ1) is 8.97. The van der Waals surface area contributed by atoms with Crippen LogP contribution < -0.4 is 4.90 Å². The van der Waals surface area contributed by atoms with Crippen molar-refractivity contribution >= 4 is 49.6 Å². The van der Waals surface area contributed by atoms with Gasteiger partial charge in [-0.2, -0.15) is 0 Å². The molecule has 5 heteroatoms. The molecule has 0 unspecified atom stereocenters.